The Labute approximate surface area is 168 Å². The lowest BCUT2D eigenvalue weighted by molar-refractivity contribution is -0.137. The van der Waals surface area contributed by atoms with Crippen LogP contribution < -0.4 is 4.74 Å². The number of carbonyl (C=O) groups excluding carboxylic acids is 1. The fourth-order valence-corrected chi connectivity index (χ4v) is 3.36. The number of pyridine rings is 1. The lowest BCUT2D eigenvalue weighted by Crippen LogP contribution is -2.04. The molecule has 0 atom stereocenters. The summed E-state index contributed by atoms with van der Waals surface area (Å²) in [5, 5.41) is 0. The quantitative estimate of drug-likeness (QED) is 0.503. The molecule has 0 aliphatic heterocycles. The number of methoxy groups -OCH3 is 1. The van der Waals surface area contributed by atoms with E-state index in [0.717, 1.165) is 34.2 Å². The second-order valence-electron chi connectivity index (χ2n) is 6.05. The number of esters is 1. The number of hydrogen-bond acceptors (Lipinski definition) is 7. The van der Waals surface area contributed by atoms with Crippen LogP contribution >= 0.6 is 11.8 Å². The first-order valence-corrected chi connectivity index (χ1v) is 10.0. The Balaban J connectivity index is 1.52. The Morgan fingerprint density at radius 3 is 2.89 bits per heavy atom. The molecule has 7 heteroatoms. The fourth-order valence-electron chi connectivity index (χ4n) is 2.56. The summed E-state index contributed by atoms with van der Waals surface area (Å²) in [6.07, 6.45) is 2.36. The molecule has 0 unspecified atom stereocenters. The number of thioether (sulfide) groups is 1. The monoisotopic (exact) mass is 398 g/mol. The predicted molar refractivity (Wildman–Crippen MR) is 108 cm³/mol. The van der Waals surface area contributed by atoms with Crippen LogP contribution in [-0.4, -0.2) is 35.4 Å². The van der Waals surface area contributed by atoms with E-state index in [1.165, 1.54) is 18.9 Å². The van der Waals surface area contributed by atoms with E-state index in [9.17, 15) is 4.79 Å². The number of rotatable bonds is 9. The van der Waals surface area contributed by atoms with Crippen molar-refractivity contribution in [3.63, 3.8) is 0 Å². The van der Waals surface area contributed by atoms with Crippen LogP contribution in [0.1, 0.15) is 17.0 Å². The summed E-state index contributed by atoms with van der Waals surface area (Å²) in [5.74, 6) is 2.94. The number of oxazole rings is 1. The molecule has 0 radical (unpaired) electrons. The molecule has 0 spiro atoms. The van der Waals surface area contributed by atoms with Gasteiger partial charge in [0.15, 0.2) is 0 Å². The topological polar surface area (TPSA) is 74.5 Å². The highest BCUT2D eigenvalue weighted by atomic mass is 32.2. The van der Waals surface area contributed by atoms with Crippen molar-refractivity contribution in [3.05, 3.63) is 65.7 Å². The number of benzene rings is 1. The van der Waals surface area contributed by atoms with Crippen LogP contribution in [0.2, 0.25) is 0 Å². The van der Waals surface area contributed by atoms with E-state index in [1.807, 2.05) is 49.4 Å². The minimum Gasteiger partial charge on any atom is -0.493 e. The average Bonchev–Trinajstić information content (AvgIpc) is 3.09. The van der Waals surface area contributed by atoms with Crippen molar-refractivity contribution in [2.24, 2.45) is 0 Å². The van der Waals surface area contributed by atoms with Gasteiger partial charge < -0.3 is 13.9 Å². The van der Waals surface area contributed by atoms with E-state index in [4.69, 9.17) is 9.15 Å². The molecule has 0 amide bonds. The van der Waals surface area contributed by atoms with Gasteiger partial charge in [0.2, 0.25) is 5.89 Å². The molecule has 28 heavy (non-hydrogen) atoms. The maximum Gasteiger partial charge on any atom is 0.315 e. The third-order valence-electron chi connectivity index (χ3n) is 4.00. The standard InChI is InChI=1S/C21H22N2O4S/c1-15-18(23-21(27-15)19-8-3-4-10-22-19)9-11-26-17-7-5-6-16(12-17)13-28-14-20(24)25-2/h3-8,10,12H,9,11,13-14H2,1-2H3. The molecule has 0 bridgehead atoms. The van der Waals surface area contributed by atoms with Crippen molar-refractivity contribution in [2.75, 3.05) is 19.5 Å². The van der Waals surface area contributed by atoms with E-state index in [2.05, 4.69) is 14.7 Å². The molecule has 3 rings (SSSR count). The number of nitrogens with zero attached hydrogens (tertiary/aromatic N) is 2. The summed E-state index contributed by atoms with van der Waals surface area (Å²) >= 11 is 1.51. The third kappa shape index (κ3) is 5.60. The summed E-state index contributed by atoms with van der Waals surface area (Å²) in [6.45, 7) is 2.39. The lowest BCUT2D eigenvalue weighted by Gasteiger charge is -2.07. The van der Waals surface area contributed by atoms with Gasteiger partial charge in [-0.05, 0) is 36.8 Å². The zero-order chi connectivity index (χ0) is 19.8. The molecular weight excluding hydrogens is 376 g/mol. The maximum absolute atomic E-state index is 11.2. The molecule has 0 N–H and O–H groups in total. The minimum absolute atomic E-state index is 0.217. The molecule has 0 aliphatic carbocycles. The van der Waals surface area contributed by atoms with Gasteiger partial charge in [-0.25, -0.2) is 4.98 Å². The number of hydrogen-bond donors (Lipinski definition) is 0. The molecule has 6 nitrogen and oxygen atoms in total. The van der Waals surface area contributed by atoms with Crippen molar-refractivity contribution in [1.29, 1.82) is 0 Å². The summed E-state index contributed by atoms with van der Waals surface area (Å²) in [6, 6.07) is 13.5. The highest BCUT2D eigenvalue weighted by Crippen LogP contribution is 2.21. The first kappa shape index (κ1) is 19.9. The molecule has 1 aromatic carbocycles. The number of ether oxygens (including phenoxy) is 2. The van der Waals surface area contributed by atoms with Crippen LogP contribution in [0.3, 0.4) is 0 Å². The molecule has 0 saturated heterocycles. The van der Waals surface area contributed by atoms with Gasteiger partial charge in [-0.15, -0.1) is 11.8 Å². The highest BCUT2D eigenvalue weighted by Gasteiger charge is 2.12. The van der Waals surface area contributed by atoms with Crippen LogP contribution in [-0.2, 0) is 21.7 Å². The van der Waals surface area contributed by atoms with E-state index >= 15 is 0 Å². The van der Waals surface area contributed by atoms with Gasteiger partial charge in [0, 0.05) is 18.4 Å². The molecule has 0 fully saturated rings. The van der Waals surface area contributed by atoms with Crippen molar-refractivity contribution in [3.8, 4) is 17.3 Å². The van der Waals surface area contributed by atoms with Gasteiger partial charge in [-0.3, -0.25) is 9.78 Å². The zero-order valence-corrected chi connectivity index (χ0v) is 16.7. The summed E-state index contributed by atoms with van der Waals surface area (Å²) in [4.78, 5) is 20.0. The van der Waals surface area contributed by atoms with Gasteiger partial charge in [0.1, 0.15) is 17.2 Å². The highest BCUT2D eigenvalue weighted by molar-refractivity contribution is 7.99. The molecule has 2 heterocycles. The van der Waals surface area contributed by atoms with Crippen LogP contribution in [0.4, 0.5) is 0 Å². The van der Waals surface area contributed by atoms with Crippen LogP contribution in [0.5, 0.6) is 5.75 Å². The minimum atomic E-state index is -0.217. The van der Waals surface area contributed by atoms with Crippen LogP contribution in [0.15, 0.2) is 53.1 Å². The van der Waals surface area contributed by atoms with Crippen molar-refractivity contribution in [2.45, 2.75) is 19.1 Å². The second-order valence-corrected chi connectivity index (χ2v) is 7.04. The fraction of sp³-hybridized carbons (Fsp3) is 0.286. The normalized spacial score (nSPS) is 10.6. The van der Waals surface area contributed by atoms with Gasteiger partial charge in [-0.2, -0.15) is 0 Å². The molecule has 2 aromatic heterocycles. The van der Waals surface area contributed by atoms with E-state index in [0.29, 0.717) is 24.7 Å². The third-order valence-corrected chi connectivity index (χ3v) is 4.98. The molecular formula is C21H22N2O4S. The summed E-state index contributed by atoms with van der Waals surface area (Å²) < 4.78 is 16.2. The van der Waals surface area contributed by atoms with Crippen molar-refractivity contribution in [1.82, 2.24) is 9.97 Å². The Hall–Kier alpha value is -2.80. The first-order valence-electron chi connectivity index (χ1n) is 8.89. The van der Waals surface area contributed by atoms with Crippen molar-refractivity contribution >= 4 is 17.7 Å². The van der Waals surface area contributed by atoms with E-state index in [1.54, 1.807) is 6.20 Å². The number of aryl methyl sites for hydroxylation is 1. The summed E-state index contributed by atoms with van der Waals surface area (Å²) in [5.41, 5.74) is 2.68. The molecule has 0 saturated carbocycles. The molecule has 146 valence electrons. The smallest absolute Gasteiger partial charge is 0.315 e. The largest absolute Gasteiger partial charge is 0.493 e. The van der Waals surface area contributed by atoms with Gasteiger partial charge in [0.25, 0.3) is 0 Å². The Morgan fingerprint density at radius 1 is 1.21 bits per heavy atom. The molecule has 0 aliphatic rings. The predicted octanol–water partition coefficient (Wildman–Crippen LogP) is 4.07. The first-order chi connectivity index (χ1) is 13.7. The van der Waals surface area contributed by atoms with Gasteiger partial charge in [0.05, 0.1) is 25.2 Å². The Morgan fingerprint density at radius 2 is 2.11 bits per heavy atom. The number of carbonyl (C=O) groups is 1. The Kier molecular flexibility index (Phi) is 7.08. The SMILES string of the molecule is COC(=O)CSCc1cccc(OCCc2nc(-c3ccccn3)oc2C)c1. The van der Waals surface area contributed by atoms with E-state index in [-0.39, 0.29) is 5.97 Å². The van der Waals surface area contributed by atoms with Crippen LogP contribution in [0, 0.1) is 6.92 Å². The average molecular weight is 398 g/mol. The van der Waals surface area contributed by atoms with E-state index < -0.39 is 0 Å². The lowest BCUT2D eigenvalue weighted by atomic mass is 10.2. The van der Waals surface area contributed by atoms with Gasteiger partial charge >= 0.3 is 5.97 Å². The Bertz CT molecular complexity index is 912. The summed E-state index contributed by atoms with van der Waals surface area (Å²) in [7, 11) is 1.40. The number of aromatic nitrogens is 2. The second kappa shape index (κ2) is 9.94. The zero-order valence-electron chi connectivity index (χ0n) is 15.9. The van der Waals surface area contributed by atoms with Crippen molar-refractivity contribution < 1.29 is 18.7 Å². The maximum atomic E-state index is 11.2. The van der Waals surface area contributed by atoms with Crippen LogP contribution in [0.25, 0.3) is 11.6 Å². The molecule has 3 aromatic rings. The van der Waals surface area contributed by atoms with Gasteiger partial charge in [-0.1, -0.05) is 18.2 Å².